The number of allylic oxidation sites excluding steroid dienone is 1. The van der Waals surface area contributed by atoms with Crippen LogP contribution in [0.3, 0.4) is 0 Å². The molecule has 0 atom stereocenters. The van der Waals surface area contributed by atoms with Gasteiger partial charge in [-0.25, -0.2) is 0 Å². The Morgan fingerprint density at radius 1 is 1.46 bits per heavy atom. The van der Waals surface area contributed by atoms with Crippen LogP contribution in [0.5, 0.6) is 0 Å². The van der Waals surface area contributed by atoms with Crippen molar-refractivity contribution >= 4 is 28.5 Å². The highest BCUT2D eigenvalue weighted by atomic mass is 127. The molecule has 1 aliphatic heterocycles. The van der Waals surface area contributed by atoms with Crippen LogP contribution in [0.4, 0.5) is 0 Å². The van der Waals surface area contributed by atoms with Crippen molar-refractivity contribution in [3.63, 3.8) is 0 Å². The van der Waals surface area contributed by atoms with Crippen molar-refractivity contribution < 1.29 is 4.79 Å². The fourth-order valence-electron chi connectivity index (χ4n) is 1.42. The van der Waals surface area contributed by atoms with Crippen LogP contribution in [-0.4, -0.2) is 16.9 Å². The summed E-state index contributed by atoms with van der Waals surface area (Å²) in [6, 6.07) is 0. The van der Waals surface area contributed by atoms with Crippen molar-refractivity contribution in [3.8, 4) is 0 Å². The zero-order valence-corrected chi connectivity index (χ0v) is 9.97. The number of alkyl halides is 1. The van der Waals surface area contributed by atoms with E-state index in [-0.39, 0.29) is 5.91 Å². The molecule has 0 spiro atoms. The van der Waals surface area contributed by atoms with Crippen molar-refractivity contribution in [1.29, 1.82) is 0 Å². The number of unbranched alkanes of at least 4 members (excludes halogenated alkanes) is 2. The predicted octanol–water partition coefficient (Wildman–Crippen LogP) is 2.43. The third-order valence-electron chi connectivity index (χ3n) is 2.18. The van der Waals surface area contributed by atoms with Crippen LogP contribution in [0.1, 0.15) is 32.1 Å². The third-order valence-corrected chi connectivity index (χ3v) is 2.94. The SMILES string of the molecule is O=C1NCCC/C1=C\CCCCI. The minimum Gasteiger partial charge on any atom is -0.352 e. The van der Waals surface area contributed by atoms with E-state index in [1.165, 1.54) is 17.3 Å². The number of hydrogen-bond donors (Lipinski definition) is 1. The zero-order valence-electron chi connectivity index (χ0n) is 7.81. The van der Waals surface area contributed by atoms with E-state index in [2.05, 4.69) is 34.0 Å². The summed E-state index contributed by atoms with van der Waals surface area (Å²) in [5, 5.41) is 2.86. The Hall–Kier alpha value is -0.0600. The molecule has 0 aromatic heterocycles. The minimum atomic E-state index is 0.153. The fraction of sp³-hybridized carbons (Fsp3) is 0.700. The van der Waals surface area contributed by atoms with Gasteiger partial charge in [-0.05, 0) is 36.5 Å². The lowest BCUT2D eigenvalue weighted by Gasteiger charge is -2.14. The van der Waals surface area contributed by atoms with Gasteiger partial charge in [0.2, 0.25) is 5.91 Å². The summed E-state index contributed by atoms with van der Waals surface area (Å²) in [5.74, 6) is 0.153. The zero-order chi connectivity index (χ0) is 9.52. The molecular formula is C10H16INO. The number of piperidine rings is 1. The average Bonchev–Trinajstić information content (AvgIpc) is 2.15. The fourth-order valence-corrected chi connectivity index (χ4v) is 1.96. The molecule has 1 aliphatic rings. The molecule has 0 aliphatic carbocycles. The molecule has 1 N–H and O–H groups in total. The molecule has 3 heteroatoms. The van der Waals surface area contributed by atoms with Gasteiger partial charge in [-0.1, -0.05) is 28.7 Å². The minimum absolute atomic E-state index is 0.153. The van der Waals surface area contributed by atoms with E-state index in [1.807, 2.05) is 0 Å². The molecule has 1 amide bonds. The first-order valence-corrected chi connectivity index (χ1v) is 6.40. The van der Waals surface area contributed by atoms with Crippen LogP contribution in [0, 0.1) is 0 Å². The van der Waals surface area contributed by atoms with E-state index < -0.39 is 0 Å². The monoisotopic (exact) mass is 293 g/mol. The summed E-state index contributed by atoms with van der Waals surface area (Å²) in [7, 11) is 0. The molecule has 0 aromatic carbocycles. The van der Waals surface area contributed by atoms with E-state index in [4.69, 9.17) is 0 Å². The Morgan fingerprint density at radius 3 is 3.00 bits per heavy atom. The molecule has 2 nitrogen and oxygen atoms in total. The summed E-state index contributed by atoms with van der Waals surface area (Å²) in [5.41, 5.74) is 1.000. The number of rotatable bonds is 4. The van der Waals surface area contributed by atoms with Gasteiger partial charge in [0.05, 0.1) is 0 Å². The van der Waals surface area contributed by atoms with E-state index in [9.17, 15) is 4.79 Å². The number of carbonyl (C=O) groups is 1. The second-order valence-corrected chi connectivity index (χ2v) is 4.35. The molecule has 13 heavy (non-hydrogen) atoms. The first kappa shape index (κ1) is 11.0. The maximum Gasteiger partial charge on any atom is 0.246 e. The van der Waals surface area contributed by atoms with Crippen LogP contribution in [0.15, 0.2) is 11.6 Å². The Balaban J connectivity index is 2.27. The molecule has 0 aromatic rings. The summed E-state index contributed by atoms with van der Waals surface area (Å²) >= 11 is 2.39. The summed E-state index contributed by atoms with van der Waals surface area (Å²) in [4.78, 5) is 11.3. The topological polar surface area (TPSA) is 29.1 Å². The van der Waals surface area contributed by atoms with E-state index in [0.717, 1.165) is 31.4 Å². The Morgan fingerprint density at radius 2 is 2.31 bits per heavy atom. The third kappa shape index (κ3) is 4.11. The molecular weight excluding hydrogens is 277 g/mol. The van der Waals surface area contributed by atoms with E-state index >= 15 is 0 Å². The van der Waals surface area contributed by atoms with Crippen LogP contribution in [-0.2, 0) is 4.79 Å². The molecule has 74 valence electrons. The molecule has 1 heterocycles. The van der Waals surface area contributed by atoms with Gasteiger partial charge < -0.3 is 5.32 Å². The molecule has 0 bridgehead atoms. The summed E-state index contributed by atoms with van der Waals surface area (Å²) in [6.45, 7) is 0.851. The van der Waals surface area contributed by atoms with E-state index in [1.54, 1.807) is 0 Å². The summed E-state index contributed by atoms with van der Waals surface area (Å²) < 4.78 is 1.22. The van der Waals surface area contributed by atoms with Gasteiger partial charge in [0.1, 0.15) is 0 Å². The molecule has 1 fully saturated rings. The Labute approximate surface area is 93.3 Å². The molecule has 0 unspecified atom stereocenters. The van der Waals surface area contributed by atoms with Crippen LogP contribution < -0.4 is 5.32 Å². The molecule has 0 saturated carbocycles. The number of halogens is 1. The van der Waals surface area contributed by atoms with Crippen molar-refractivity contribution in [2.75, 3.05) is 11.0 Å². The largest absolute Gasteiger partial charge is 0.352 e. The Kier molecular flexibility index (Phi) is 5.43. The summed E-state index contributed by atoms with van der Waals surface area (Å²) in [6.07, 6.45) is 7.71. The van der Waals surface area contributed by atoms with Gasteiger partial charge in [0.25, 0.3) is 0 Å². The predicted molar refractivity (Wildman–Crippen MR) is 63.1 cm³/mol. The maximum atomic E-state index is 11.3. The van der Waals surface area contributed by atoms with Gasteiger partial charge >= 0.3 is 0 Å². The van der Waals surface area contributed by atoms with Gasteiger partial charge in [-0.2, -0.15) is 0 Å². The normalized spacial score (nSPS) is 20.4. The van der Waals surface area contributed by atoms with Crippen LogP contribution in [0.2, 0.25) is 0 Å². The lowest BCUT2D eigenvalue weighted by atomic mass is 10.0. The quantitative estimate of drug-likeness (QED) is 0.367. The smallest absolute Gasteiger partial charge is 0.246 e. The van der Waals surface area contributed by atoms with Crippen molar-refractivity contribution in [2.45, 2.75) is 32.1 Å². The van der Waals surface area contributed by atoms with Gasteiger partial charge in [-0.15, -0.1) is 0 Å². The molecule has 1 rings (SSSR count). The Bertz CT molecular complexity index is 201. The highest BCUT2D eigenvalue weighted by molar-refractivity contribution is 14.1. The van der Waals surface area contributed by atoms with Gasteiger partial charge in [0, 0.05) is 12.1 Å². The van der Waals surface area contributed by atoms with Crippen molar-refractivity contribution in [2.24, 2.45) is 0 Å². The van der Waals surface area contributed by atoms with Gasteiger partial charge in [0.15, 0.2) is 0 Å². The number of amides is 1. The first-order valence-electron chi connectivity index (χ1n) is 4.88. The van der Waals surface area contributed by atoms with Crippen LogP contribution in [0.25, 0.3) is 0 Å². The average molecular weight is 293 g/mol. The highest BCUT2D eigenvalue weighted by Gasteiger charge is 2.12. The van der Waals surface area contributed by atoms with Gasteiger partial charge in [-0.3, -0.25) is 4.79 Å². The second-order valence-electron chi connectivity index (χ2n) is 3.27. The van der Waals surface area contributed by atoms with E-state index in [0.29, 0.717) is 0 Å². The number of carbonyl (C=O) groups excluding carboxylic acids is 1. The molecule has 1 saturated heterocycles. The standard InChI is InChI=1S/C10H16INO/c11-7-3-1-2-5-9-6-4-8-12-10(9)13/h5H,1-4,6-8H2,(H,12,13)/b9-5+. The highest BCUT2D eigenvalue weighted by Crippen LogP contribution is 2.12. The maximum absolute atomic E-state index is 11.3. The first-order chi connectivity index (χ1) is 6.34. The van der Waals surface area contributed by atoms with Crippen LogP contribution >= 0.6 is 22.6 Å². The van der Waals surface area contributed by atoms with Crippen molar-refractivity contribution in [1.82, 2.24) is 5.32 Å². The number of nitrogens with one attached hydrogen (secondary N) is 1. The van der Waals surface area contributed by atoms with Crippen molar-refractivity contribution in [3.05, 3.63) is 11.6 Å². The lowest BCUT2D eigenvalue weighted by molar-refractivity contribution is -0.118. The lowest BCUT2D eigenvalue weighted by Crippen LogP contribution is -2.30. The second kappa shape index (κ2) is 6.40. The molecule has 0 radical (unpaired) electrons. The number of hydrogen-bond acceptors (Lipinski definition) is 1.